The molecule has 0 radical (unpaired) electrons. The van der Waals surface area contributed by atoms with Gasteiger partial charge in [-0.05, 0) is 53.5 Å². The smallest absolute Gasteiger partial charge is 0.161 e. The molecule has 1 aromatic rings. The molecule has 0 aliphatic heterocycles. The molecule has 3 rings (SSSR count). The zero-order chi connectivity index (χ0) is 13.9. The first-order valence-corrected chi connectivity index (χ1v) is 6.99. The summed E-state index contributed by atoms with van der Waals surface area (Å²) in [6.45, 7) is 6.11. The molecule has 0 amide bonds. The minimum atomic E-state index is -0.0306. The highest BCUT2D eigenvalue weighted by Crippen LogP contribution is 2.56. The van der Waals surface area contributed by atoms with Crippen LogP contribution in [0.25, 0.3) is 5.57 Å². The first kappa shape index (κ1) is 12.7. The van der Waals surface area contributed by atoms with Gasteiger partial charge in [-0.2, -0.15) is 0 Å². The molecule has 0 bridgehead atoms. The zero-order valence-electron chi connectivity index (χ0n) is 11.4. The van der Waals surface area contributed by atoms with Crippen LogP contribution in [-0.4, -0.2) is 10.9 Å². The molecule has 0 fully saturated rings. The highest BCUT2D eigenvalue weighted by molar-refractivity contribution is 6.33. The standard InChI is InChI=1S/C16H17ClO2/c1-8-6-16(3)7-11-10(4-5-12(18)14(11)17)13(16)9(2)15(8)19/h4-5,8,18H,6-7H2,1-3H3/t8-,16-/m0/s1. The van der Waals surface area contributed by atoms with Gasteiger partial charge in [0.2, 0.25) is 0 Å². The van der Waals surface area contributed by atoms with Crippen molar-refractivity contribution in [3.63, 3.8) is 0 Å². The number of benzene rings is 1. The molecular formula is C16H17ClO2. The number of rotatable bonds is 0. The van der Waals surface area contributed by atoms with Crippen molar-refractivity contribution in [2.24, 2.45) is 11.3 Å². The van der Waals surface area contributed by atoms with Crippen molar-refractivity contribution in [3.05, 3.63) is 33.9 Å². The molecule has 1 aromatic carbocycles. The van der Waals surface area contributed by atoms with Crippen LogP contribution in [0.1, 0.15) is 38.3 Å². The van der Waals surface area contributed by atoms with E-state index in [1.54, 1.807) is 6.07 Å². The summed E-state index contributed by atoms with van der Waals surface area (Å²) >= 11 is 6.23. The second kappa shape index (κ2) is 3.86. The van der Waals surface area contributed by atoms with Gasteiger partial charge in [0.15, 0.2) is 5.78 Å². The fraction of sp³-hybridized carbons (Fsp3) is 0.438. The Hall–Kier alpha value is -1.28. The Kier molecular flexibility index (Phi) is 2.59. The molecule has 0 spiro atoms. The van der Waals surface area contributed by atoms with E-state index in [1.165, 1.54) is 0 Å². The van der Waals surface area contributed by atoms with Gasteiger partial charge in [-0.25, -0.2) is 0 Å². The Morgan fingerprint density at radius 1 is 1.42 bits per heavy atom. The first-order chi connectivity index (χ1) is 8.85. The van der Waals surface area contributed by atoms with E-state index >= 15 is 0 Å². The number of ketones is 1. The van der Waals surface area contributed by atoms with Crippen molar-refractivity contribution in [1.82, 2.24) is 0 Å². The molecule has 0 saturated carbocycles. The van der Waals surface area contributed by atoms with E-state index in [4.69, 9.17) is 11.6 Å². The average Bonchev–Trinajstić information content (AvgIpc) is 2.64. The van der Waals surface area contributed by atoms with E-state index < -0.39 is 0 Å². The van der Waals surface area contributed by atoms with Crippen LogP contribution in [0.3, 0.4) is 0 Å². The van der Waals surface area contributed by atoms with E-state index in [0.29, 0.717) is 5.02 Å². The lowest BCUT2D eigenvalue weighted by atomic mass is 9.68. The molecule has 2 aliphatic rings. The summed E-state index contributed by atoms with van der Waals surface area (Å²) in [7, 11) is 0. The second-order valence-corrected chi connectivity index (χ2v) is 6.51. The van der Waals surface area contributed by atoms with Gasteiger partial charge < -0.3 is 5.11 Å². The van der Waals surface area contributed by atoms with Gasteiger partial charge >= 0.3 is 0 Å². The van der Waals surface area contributed by atoms with Crippen LogP contribution >= 0.6 is 11.6 Å². The van der Waals surface area contributed by atoms with Crippen molar-refractivity contribution >= 4 is 23.0 Å². The quantitative estimate of drug-likeness (QED) is 0.778. The molecular weight excluding hydrogens is 260 g/mol. The number of allylic oxidation sites excluding steroid dienone is 2. The van der Waals surface area contributed by atoms with Gasteiger partial charge in [0.25, 0.3) is 0 Å². The minimum Gasteiger partial charge on any atom is -0.506 e. The lowest BCUT2D eigenvalue weighted by molar-refractivity contribution is -0.119. The fourth-order valence-electron chi connectivity index (χ4n) is 3.91. The molecule has 19 heavy (non-hydrogen) atoms. The molecule has 0 heterocycles. The molecule has 1 N–H and O–H groups in total. The summed E-state index contributed by atoms with van der Waals surface area (Å²) < 4.78 is 0. The Morgan fingerprint density at radius 3 is 2.79 bits per heavy atom. The number of fused-ring (bicyclic) bond motifs is 3. The molecule has 2 nitrogen and oxygen atoms in total. The van der Waals surface area contributed by atoms with Crippen LogP contribution < -0.4 is 0 Å². The van der Waals surface area contributed by atoms with E-state index in [-0.39, 0.29) is 22.9 Å². The summed E-state index contributed by atoms with van der Waals surface area (Å²) in [6.07, 6.45) is 1.66. The fourth-order valence-corrected chi connectivity index (χ4v) is 4.14. The largest absolute Gasteiger partial charge is 0.506 e. The number of phenols is 1. The first-order valence-electron chi connectivity index (χ1n) is 6.61. The molecule has 0 aromatic heterocycles. The van der Waals surface area contributed by atoms with Crippen molar-refractivity contribution in [2.45, 2.75) is 33.6 Å². The maximum atomic E-state index is 12.2. The highest BCUT2D eigenvalue weighted by atomic mass is 35.5. The third-order valence-corrected chi connectivity index (χ3v) is 5.03. The Labute approximate surface area is 118 Å². The van der Waals surface area contributed by atoms with E-state index in [1.807, 2.05) is 19.9 Å². The Morgan fingerprint density at radius 2 is 2.11 bits per heavy atom. The normalized spacial score (nSPS) is 29.5. The number of phenolic OH excluding ortho intramolecular Hbond substituents is 1. The van der Waals surface area contributed by atoms with Gasteiger partial charge in [-0.15, -0.1) is 0 Å². The van der Waals surface area contributed by atoms with E-state index in [9.17, 15) is 9.90 Å². The minimum absolute atomic E-state index is 0.0306. The number of carbonyl (C=O) groups is 1. The Balaban J connectivity index is 2.29. The summed E-state index contributed by atoms with van der Waals surface area (Å²) in [5.41, 5.74) is 4.00. The van der Waals surface area contributed by atoms with Gasteiger partial charge in [0.1, 0.15) is 5.75 Å². The van der Waals surface area contributed by atoms with Crippen LogP contribution in [0.2, 0.25) is 5.02 Å². The summed E-state index contributed by atoms with van der Waals surface area (Å²) in [4.78, 5) is 12.2. The van der Waals surface area contributed by atoms with Crippen LogP contribution in [0.4, 0.5) is 0 Å². The monoisotopic (exact) mass is 276 g/mol. The van der Waals surface area contributed by atoms with E-state index in [2.05, 4.69) is 6.92 Å². The number of Topliss-reactive ketones (excluding diaryl/α,β-unsaturated/α-hetero) is 1. The van der Waals surface area contributed by atoms with Gasteiger partial charge in [0, 0.05) is 5.92 Å². The van der Waals surface area contributed by atoms with Crippen molar-refractivity contribution in [3.8, 4) is 5.75 Å². The lowest BCUT2D eigenvalue weighted by Gasteiger charge is -2.35. The summed E-state index contributed by atoms with van der Waals surface area (Å²) in [5.74, 6) is 0.431. The van der Waals surface area contributed by atoms with Crippen LogP contribution in [0, 0.1) is 11.3 Å². The van der Waals surface area contributed by atoms with Crippen molar-refractivity contribution < 1.29 is 9.90 Å². The third-order valence-electron chi connectivity index (χ3n) is 4.61. The summed E-state index contributed by atoms with van der Waals surface area (Å²) in [5, 5.41) is 10.2. The number of hydrogen-bond donors (Lipinski definition) is 1. The highest BCUT2D eigenvalue weighted by Gasteiger charge is 2.46. The maximum Gasteiger partial charge on any atom is 0.161 e. The lowest BCUT2D eigenvalue weighted by Crippen LogP contribution is -2.30. The van der Waals surface area contributed by atoms with Crippen LogP contribution in [-0.2, 0) is 11.2 Å². The van der Waals surface area contributed by atoms with E-state index in [0.717, 1.165) is 35.1 Å². The molecule has 2 aliphatic carbocycles. The molecule has 100 valence electrons. The maximum absolute atomic E-state index is 12.2. The van der Waals surface area contributed by atoms with Crippen LogP contribution in [0.15, 0.2) is 17.7 Å². The van der Waals surface area contributed by atoms with Gasteiger partial charge in [0.05, 0.1) is 5.02 Å². The molecule has 3 heteroatoms. The van der Waals surface area contributed by atoms with Gasteiger partial charge in [-0.1, -0.05) is 31.5 Å². The SMILES string of the molecule is CC1=C2c3ccc(O)c(Cl)c3C[C@]2(C)C[C@H](C)C1=O. The number of aromatic hydroxyl groups is 1. The predicted molar refractivity (Wildman–Crippen MR) is 76.3 cm³/mol. The number of carbonyl (C=O) groups excluding carboxylic acids is 1. The number of halogens is 1. The van der Waals surface area contributed by atoms with Crippen molar-refractivity contribution in [1.29, 1.82) is 0 Å². The summed E-state index contributed by atoms with van der Waals surface area (Å²) in [6, 6.07) is 3.51. The third kappa shape index (κ3) is 1.59. The topological polar surface area (TPSA) is 37.3 Å². The Bertz CT molecular complexity index is 630. The average molecular weight is 277 g/mol. The zero-order valence-corrected chi connectivity index (χ0v) is 12.1. The molecule has 0 unspecified atom stereocenters. The molecule has 2 atom stereocenters. The van der Waals surface area contributed by atoms with Crippen molar-refractivity contribution in [2.75, 3.05) is 0 Å². The predicted octanol–water partition coefficient (Wildman–Crippen LogP) is 3.99. The molecule has 0 saturated heterocycles. The van der Waals surface area contributed by atoms with Crippen LogP contribution in [0.5, 0.6) is 5.75 Å². The number of hydrogen-bond acceptors (Lipinski definition) is 2. The van der Waals surface area contributed by atoms with Gasteiger partial charge in [-0.3, -0.25) is 4.79 Å². The second-order valence-electron chi connectivity index (χ2n) is 6.13.